The van der Waals surface area contributed by atoms with Gasteiger partial charge in [0, 0.05) is 11.3 Å². The molecule has 3 aliphatic carbocycles. The van der Waals surface area contributed by atoms with Crippen LogP contribution in [0, 0.1) is 5.41 Å². The largest absolute Gasteiger partial charge is 0.469 e. The third-order valence-corrected chi connectivity index (χ3v) is 6.23. The molecule has 1 heterocycles. The van der Waals surface area contributed by atoms with Crippen LogP contribution in [0.5, 0.6) is 0 Å². The normalized spacial score (nSPS) is 26.5. The van der Waals surface area contributed by atoms with Gasteiger partial charge in [-0.2, -0.15) is 0 Å². The molecule has 2 nitrogen and oxygen atoms in total. The average molecular weight is 344 g/mol. The maximum atomic E-state index is 5.74. The third-order valence-electron chi connectivity index (χ3n) is 6.23. The van der Waals surface area contributed by atoms with Gasteiger partial charge in [0.2, 0.25) is 0 Å². The number of ether oxygens (including phenoxy) is 2. The van der Waals surface area contributed by atoms with Crippen molar-refractivity contribution in [2.45, 2.75) is 39.7 Å². The zero-order valence-corrected chi connectivity index (χ0v) is 15.8. The molecule has 2 heteroatoms. The molecule has 2 unspecified atom stereocenters. The Kier molecular flexibility index (Phi) is 3.27. The van der Waals surface area contributed by atoms with E-state index < -0.39 is 0 Å². The van der Waals surface area contributed by atoms with Gasteiger partial charge in [0.05, 0.1) is 0 Å². The van der Waals surface area contributed by atoms with E-state index in [-0.39, 0.29) is 11.5 Å². The summed E-state index contributed by atoms with van der Waals surface area (Å²) in [5.74, 6) is 1.33. The van der Waals surface area contributed by atoms with E-state index in [1.807, 2.05) is 0 Å². The van der Waals surface area contributed by atoms with Crippen molar-refractivity contribution in [3.05, 3.63) is 87.2 Å². The van der Waals surface area contributed by atoms with Gasteiger partial charge in [-0.15, -0.1) is 0 Å². The standard InChI is InChI=1S/C24H24O2/c1-14-9-16-7-5-6-8-18(16)22(14)24(3,4)23-15(2)10-17-11-20-21(12-19(17)23)26-13-25-20/h5-12,21-22H,13H2,1-4H3. The summed E-state index contributed by atoms with van der Waals surface area (Å²) in [5.41, 5.74) is 9.61. The van der Waals surface area contributed by atoms with Crippen molar-refractivity contribution in [1.29, 1.82) is 0 Å². The fraction of sp³-hybridized carbons (Fsp3) is 0.333. The Morgan fingerprint density at radius 3 is 2.69 bits per heavy atom. The molecule has 132 valence electrons. The molecule has 1 aromatic rings. The molecule has 0 N–H and O–H groups in total. The summed E-state index contributed by atoms with van der Waals surface area (Å²) in [6.07, 6.45) is 9.02. The summed E-state index contributed by atoms with van der Waals surface area (Å²) < 4.78 is 11.3. The molecule has 0 radical (unpaired) electrons. The fourth-order valence-corrected chi connectivity index (χ4v) is 5.37. The van der Waals surface area contributed by atoms with Crippen LogP contribution in [-0.4, -0.2) is 12.9 Å². The van der Waals surface area contributed by atoms with Gasteiger partial charge in [-0.05, 0) is 59.4 Å². The smallest absolute Gasteiger partial charge is 0.189 e. The Morgan fingerprint density at radius 1 is 1.04 bits per heavy atom. The number of rotatable bonds is 2. The minimum atomic E-state index is -0.0358. The molecule has 0 saturated carbocycles. The second-order valence-electron chi connectivity index (χ2n) is 8.31. The Labute approximate surface area is 155 Å². The maximum absolute atomic E-state index is 5.74. The first kappa shape index (κ1) is 15.9. The van der Waals surface area contributed by atoms with Gasteiger partial charge in [0.1, 0.15) is 11.9 Å². The quantitative estimate of drug-likeness (QED) is 0.688. The summed E-state index contributed by atoms with van der Waals surface area (Å²) in [6, 6.07) is 8.81. The van der Waals surface area contributed by atoms with Crippen molar-refractivity contribution in [2.24, 2.45) is 5.41 Å². The summed E-state index contributed by atoms with van der Waals surface area (Å²) in [4.78, 5) is 0. The highest BCUT2D eigenvalue weighted by Crippen LogP contribution is 2.56. The Morgan fingerprint density at radius 2 is 1.85 bits per heavy atom. The molecule has 5 rings (SSSR count). The fourth-order valence-electron chi connectivity index (χ4n) is 5.37. The maximum Gasteiger partial charge on any atom is 0.189 e. The highest BCUT2D eigenvalue weighted by Gasteiger charge is 2.43. The molecule has 0 bridgehead atoms. The van der Waals surface area contributed by atoms with Crippen molar-refractivity contribution >= 4 is 6.08 Å². The SMILES string of the molecule is CC1=Cc2ccccc2C1C(C)(C)C1=C(C)C=C2C=C3OCOC3C=C21. The van der Waals surface area contributed by atoms with Gasteiger partial charge in [0.15, 0.2) is 6.79 Å². The molecule has 0 amide bonds. The summed E-state index contributed by atoms with van der Waals surface area (Å²) in [6.45, 7) is 9.64. The van der Waals surface area contributed by atoms with E-state index in [2.05, 4.69) is 76.3 Å². The molecule has 1 aromatic carbocycles. The van der Waals surface area contributed by atoms with Gasteiger partial charge in [-0.3, -0.25) is 0 Å². The van der Waals surface area contributed by atoms with Crippen molar-refractivity contribution in [2.75, 3.05) is 6.79 Å². The first-order chi connectivity index (χ1) is 12.5. The van der Waals surface area contributed by atoms with E-state index in [0.29, 0.717) is 12.7 Å². The first-order valence-electron chi connectivity index (χ1n) is 9.35. The zero-order valence-electron chi connectivity index (χ0n) is 15.8. The average Bonchev–Trinajstić information content (AvgIpc) is 3.25. The number of fused-ring (bicyclic) bond motifs is 3. The Bertz CT molecular complexity index is 966. The van der Waals surface area contributed by atoms with Crippen LogP contribution < -0.4 is 0 Å². The van der Waals surface area contributed by atoms with Crippen LogP contribution in [0.4, 0.5) is 0 Å². The molecule has 1 aliphatic heterocycles. The lowest BCUT2D eigenvalue weighted by atomic mass is 9.65. The van der Waals surface area contributed by atoms with Crippen molar-refractivity contribution in [3.8, 4) is 0 Å². The second kappa shape index (κ2) is 5.34. The first-order valence-corrected chi connectivity index (χ1v) is 9.35. The zero-order chi connectivity index (χ0) is 18.1. The molecule has 0 aromatic heterocycles. The molecule has 26 heavy (non-hydrogen) atoms. The molecular formula is C24H24O2. The monoisotopic (exact) mass is 344 g/mol. The van der Waals surface area contributed by atoms with E-state index in [4.69, 9.17) is 9.47 Å². The minimum Gasteiger partial charge on any atom is -0.469 e. The van der Waals surface area contributed by atoms with Crippen LogP contribution in [0.3, 0.4) is 0 Å². The molecule has 4 aliphatic rings. The van der Waals surface area contributed by atoms with E-state index in [1.54, 1.807) is 0 Å². The van der Waals surface area contributed by atoms with Gasteiger partial charge in [-0.25, -0.2) is 0 Å². The van der Waals surface area contributed by atoms with Crippen LogP contribution in [0.15, 0.2) is 76.1 Å². The lowest BCUT2D eigenvalue weighted by molar-refractivity contribution is 0.0629. The Hall–Kier alpha value is -2.32. The van der Waals surface area contributed by atoms with E-state index in [0.717, 1.165) is 5.76 Å². The number of allylic oxidation sites excluding steroid dienone is 7. The predicted molar refractivity (Wildman–Crippen MR) is 104 cm³/mol. The lowest BCUT2D eigenvalue weighted by Crippen LogP contribution is -2.27. The van der Waals surface area contributed by atoms with Crippen LogP contribution in [0.25, 0.3) is 6.08 Å². The van der Waals surface area contributed by atoms with Crippen molar-refractivity contribution in [1.82, 2.24) is 0 Å². The lowest BCUT2D eigenvalue weighted by Gasteiger charge is -2.38. The van der Waals surface area contributed by atoms with Crippen LogP contribution in [-0.2, 0) is 9.47 Å². The molecular weight excluding hydrogens is 320 g/mol. The van der Waals surface area contributed by atoms with Gasteiger partial charge in [-0.1, -0.05) is 55.8 Å². The van der Waals surface area contributed by atoms with Gasteiger partial charge in [0.25, 0.3) is 0 Å². The van der Waals surface area contributed by atoms with Crippen LogP contribution in [0.2, 0.25) is 0 Å². The van der Waals surface area contributed by atoms with Gasteiger partial charge >= 0.3 is 0 Å². The number of benzene rings is 1. The van der Waals surface area contributed by atoms with Gasteiger partial charge < -0.3 is 9.47 Å². The molecule has 0 spiro atoms. The highest BCUT2D eigenvalue weighted by atomic mass is 16.7. The van der Waals surface area contributed by atoms with E-state index in [1.165, 1.54) is 39.0 Å². The van der Waals surface area contributed by atoms with E-state index in [9.17, 15) is 0 Å². The number of hydrogen-bond donors (Lipinski definition) is 0. The Balaban J connectivity index is 1.60. The van der Waals surface area contributed by atoms with Crippen LogP contribution in [0.1, 0.15) is 44.7 Å². The molecule has 1 fully saturated rings. The summed E-state index contributed by atoms with van der Waals surface area (Å²) >= 11 is 0. The number of hydrogen-bond acceptors (Lipinski definition) is 2. The minimum absolute atomic E-state index is 0.00778. The third kappa shape index (κ3) is 2.09. The summed E-state index contributed by atoms with van der Waals surface area (Å²) in [7, 11) is 0. The topological polar surface area (TPSA) is 18.5 Å². The van der Waals surface area contributed by atoms with Crippen molar-refractivity contribution < 1.29 is 9.47 Å². The second-order valence-corrected chi connectivity index (χ2v) is 8.31. The molecule has 1 saturated heterocycles. The summed E-state index contributed by atoms with van der Waals surface area (Å²) in [5, 5.41) is 0. The van der Waals surface area contributed by atoms with Crippen molar-refractivity contribution in [3.63, 3.8) is 0 Å². The predicted octanol–water partition coefficient (Wildman–Crippen LogP) is 5.67. The van der Waals surface area contributed by atoms with Crippen LogP contribution >= 0.6 is 0 Å². The van der Waals surface area contributed by atoms with E-state index >= 15 is 0 Å². The molecule has 2 atom stereocenters. The highest BCUT2D eigenvalue weighted by molar-refractivity contribution is 5.71.